The average Bonchev–Trinajstić information content (AvgIpc) is 2.28. The number of esters is 1. The van der Waals surface area contributed by atoms with Gasteiger partial charge < -0.3 is 15.8 Å². The predicted octanol–water partition coefficient (Wildman–Crippen LogP) is 2.27. The zero-order valence-corrected chi connectivity index (χ0v) is 10.2. The molecule has 0 unspecified atom stereocenters. The van der Waals surface area contributed by atoms with Gasteiger partial charge in [-0.1, -0.05) is 13.0 Å². The highest BCUT2D eigenvalue weighted by Gasteiger charge is 2.26. The van der Waals surface area contributed by atoms with E-state index in [0.717, 1.165) is 24.4 Å². The summed E-state index contributed by atoms with van der Waals surface area (Å²) in [6.45, 7) is 2.23. The first-order chi connectivity index (χ1) is 8.11. The molecule has 1 aromatic carbocycles. The van der Waals surface area contributed by atoms with E-state index in [-0.39, 0.29) is 0 Å². The van der Waals surface area contributed by atoms with Crippen molar-refractivity contribution in [1.82, 2.24) is 0 Å². The number of carbonyl (C=O) groups excluding carboxylic acids is 1. The van der Waals surface area contributed by atoms with Crippen LogP contribution in [0.1, 0.15) is 30.1 Å². The predicted molar refractivity (Wildman–Crippen MR) is 68.0 cm³/mol. The summed E-state index contributed by atoms with van der Waals surface area (Å²) in [5.74, 6) is 0.380. The lowest BCUT2D eigenvalue weighted by Gasteiger charge is -2.34. The topological polar surface area (TPSA) is 64.3 Å². The Labute approximate surface area is 101 Å². The zero-order valence-electron chi connectivity index (χ0n) is 10.2. The number of anilines is 2. The molecule has 0 aliphatic heterocycles. The second-order valence-corrected chi connectivity index (χ2v) is 4.68. The first kappa shape index (κ1) is 11.8. The van der Waals surface area contributed by atoms with Gasteiger partial charge in [-0.2, -0.15) is 0 Å². The summed E-state index contributed by atoms with van der Waals surface area (Å²) in [4.78, 5) is 11.5. The lowest BCUT2D eigenvalue weighted by molar-refractivity contribution is 0.0602. The van der Waals surface area contributed by atoms with Crippen LogP contribution in [0, 0.1) is 5.92 Å². The van der Waals surface area contributed by atoms with Crippen LogP contribution in [0.2, 0.25) is 0 Å². The van der Waals surface area contributed by atoms with Crippen LogP contribution in [0.4, 0.5) is 11.4 Å². The summed E-state index contributed by atoms with van der Waals surface area (Å²) >= 11 is 0. The molecule has 0 radical (unpaired) electrons. The molecule has 0 aromatic heterocycles. The fourth-order valence-electron chi connectivity index (χ4n) is 2.22. The second-order valence-electron chi connectivity index (χ2n) is 4.68. The van der Waals surface area contributed by atoms with E-state index < -0.39 is 5.97 Å². The van der Waals surface area contributed by atoms with Crippen LogP contribution in [0.15, 0.2) is 18.2 Å². The molecule has 1 saturated carbocycles. The highest BCUT2D eigenvalue weighted by Crippen LogP contribution is 2.32. The zero-order chi connectivity index (χ0) is 12.4. The number of nitrogen functional groups attached to an aromatic ring is 1. The van der Waals surface area contributed by atoms with E-state index in [1.54, 1.807) is 6.07 Å². The van der Waals surface area contributed by atoms with Gasteiger partial charge in [0.2, 0.25) is 0 Å². The quantitative estimate of drug-likeness (QED) is 0.622. The van der Waals surface area contributed by atoms with Crippen molar-refractivity contribution in [3.8, 4) is 0 Å². The Morgan fingerprint density at radius 1 is 1.47 bits per heavy atom. The van der Waals surface area contributed by atoms with Crippen LogP contribution in [-0.4, -0.2) is 19.1 Å². The highest BCUT2D eigenvalue weighted by atomic mass is 16.5. The van der Waals surface area contributed by atoms with Gasteiger partial charge in [0.15, 0.2) is 0 Å². The van der Waals surface area contributed by atoms with E-state index in [1.807, 2.05) is 12.1 Å². The van der Waals surface area contributed by atoms with Crippen LogP contribution >= 0.6 is 0 Å². The molecule has 92 valence electrons. The molecular weight excluding hydrogens is 216 g/mol. The minimum absolute atomic E-state index is 0.395. The normalized spacial score (nSPS) is 22.7. The van der Waals surface area contributed by atoms with Crippen molar-refractivity contribution in [2.24, 2.45) is 5.92 Å². The maximum Gasteiger partial charge on any atom is 0.340 e. The van der Waals surface area contributed by atoms with Gasteiger partial charge in [0.25, 0.3) is 0 Å². The Hall–Kier alpha value is -1.71. The average molecular weight is 234 g/mol. The lowest BCUT2D eigenvalue weighted by atomic mass is 9.82. The Kier molecular flexibility index (Phi) is 3.22. The Morgan fingerprint density at radius 3 is 2.76 bits per heavy atom. The van der Waals surface area contributed by atoms with Crippen LogP contribution in [0.3, 0.4) is 0 Å². The molecule has 0 atom stereocenters. The Morgan fingerprint density at radius 2 is 2.18 bits per heavy atom. The molecule has 0 amide bonds. The van der Waals surface area contributed by atoms with Crippen molar-refractivity contribution in [2.75, 3.05) is 18.2 Å². The van der Waals surface area contributed by atoms with Gasteiger partial charge in [0, 0.05) is 6.04 Å². The number of ether oxygens (including phenoxy) is 1. The highest BCUT2D eigenvalue weighted by molar-refractivity contribution is 5.98. The molecule has 17 heavy (non-hydrogen) atoms. The second kappa shape index (κ2) is 4.65. The van der Waals surface area contributed by atoms with Gasteiger partial charge >= 0.3 is 5.97 Å². The number of nitrogens with two attached hydrogens (primary N) is 1. The maximum absolute atomic E-state index is 11.5. The van der Waals surface area contributed by atoms with Gasteiger partial charge in [0.05, 0.1) is 24.0 Å². The molecule has 0 saturated heterocycles. The Balaban J connectivity index is 2.14. The monoisotopic (exact) mass is 234 g/mol. The molecule has 0 heterocycles. The molecule has 1 aliphatic rings. The number of hydrogen-bond acceptors (Lipinski definition) is 4. The molecule has 4 nitrogen and oxygen atoms in total. The van der Waals surface area contributed by atoms with Gasteiger partial charge in [0.1, 0.15) is 0 Å². The van der Waals surface area contributed by atoms with Gasteiger partial charge in [-0.3, -0.25) is 0 Å². The summed E-state index contributed by atoms with van der Waals surface area (Å²) in [7, 11) is 1.36. The van der Waals surface area contributed by atoms with Crippen molar-refractivity contribution >= 4 is 17.3 Å². The van der Waals surface area contributed by atoms with Gasteiger partial charge in [-0.15, -0.1) is 0 Å². The standard InChI is InChI=1S/C13H18N2O2/c1-8-6-9(7-8)15-11-5-3-4-10(12(11)14)13(16)17-2/h3-5,8-9,15H,6-7,14H2,1-2H3. The van der Waals surface area contributed by atoms with Crippen LogP contribution < -0.4 is 11.1 Å². The lowest BCUT2D eigenvalue weighted by Crippen LogP contribution is -2.34. The third kappa shape index (κ3) is 2.35. The van der Waals surface area contributed by atoms with E-state index in [1.165, 1.54) is 7.11 Å². The summed E-state index contributed by atoms with van der Waals surface area (Å²) in [6, 6.07) is 5.85. The maximum atomic E-state index is 11.5. The van der Waals surface area contributed by atoms with Crippen molar-refractivity contribution in [2.45, 2.75) is 25.8 Å². The fourth-order valence-corrected chi connectivity index (χ4v) is 2.22. The third-order valence-electron chi connectivity index (χ3n) is 3.24. The number of benzene rings is 1. The largest absolute Gasteiger partial charge is 0.465 e. The number of methoxy groups -OCH3 is 1. The van der Waals surface area contributed by atoms with Crippen molar-refractivity contribution in [3.05, 3.63) is 23.8 Å². The number of carbonyl (C=O) groups is 1. The molecule has 1 fully saturated rings. The molecule has 1 aromatic rings. The van der Waals surface area contributed by atoms with Crippen LogP contribution in [0.25, 0.3) is 0 Å². The first-order valence-corrected chi connectivity index (χ1v) is 5.85. The number of rotatable bonds is 3. The summed E-state index contributed by atoms with van der Waals surface area (Å²) < 4.78 is 4.69. The fraction of sp³-hybridized carbons (Fsp3) is 0.462. The number of nitrogens with one attached hydrogen (secondary N) is 1. The molecule has 0 spiro atoms. The van der Waals surface area contributed by atoms with E-state index >= 15 is 0 Å². The molecule has 1 aliphatic carbocycles. The summed E-state index contributed by atoms with van der Waals surface area (Å²) in [6.07, 6.45) is 2.31. The minimum atomic E-state index is -0.395. The number of hydrogen-bond donors (Lipinski definition) is 2. The molecule has 4 heteroatoms. The molecule has 3 N–H and O–H groups in total. The summed E-state index contributed by atoms with van der Waals surface area (Å²) in [5.41, 5.74) is 7.67. The molecule has 0 bridgehead atoms. The number of para-hydroxylation sites is 1. The van der Waals surface area contributed by atoms with E-state index in [9.17, 15) is 4.79 Å². The van der Waals surface area contributed by atoms with Gasteiger partial charge in [-0.25, -0.2) is 4.79 Å². The SMILES string of the molecule is COC(=O)c1cccc(NC2CC(C)C2)c1N. The van der Waals surface area contributed by atoms with E-state index in [2.05, 4.69) is 17.0 Å². The third-order valence-corrected chi connectivity index (χ3v) is 3.24. The summed E-state index contributed by atoms with van der Waals surface area (Å²) in [5, 5.41) is 3.36. The van der Waals surface area contributed by atoms with Crippen LogP contribution in [-0.2, 0) is 4.74 Å². The molecule has 2 rings (SSSR count). The molecular formula is C13H18N2O2. The smallest absolute Gasteiger partial charge is 0.340 e. The van der Waals surface area contributed by atoms with Crippen molar-refractivity contribution in [1.29, 1.82) is 0 Å². The van der Waals surface area contributed by atoms with Crippen LogP contribution in [0.5, 0.6) is 0 Å². The van der Waals surface area contributed by atoms with E-state index in [4.69, 9.17) is 5.73 Å². The minimum Gasteiger partial charge on any atom is -0.465 e. The van der Waals surface area contributed by atoms with Crippen molar-refractivity contribution in [3.63, 3.8) is 0 Å². The van der Waals surface area contributed by atoms with E-state index in [0.29, 0.717) is 17.3 Å². The first-order valence-electron chi connectivity index (χ1n) is 5.85. The Bertz CT molecular complexity index is 425. The van der Waals surface area contributed by atoms with Crippen molar-refractivity contribution < 1.29 is 9.53 Å². The van der Waals surface area contributed by atoms with Gasteiger partial charge in [-0.05, 0) is 30.9 Å².